The second-order valence-corrected chi connectivity index (χ2v) is 15.9. The second kappa shape index (κ2) is 11.5. The van der Waals surface area contributed by atoms with Crippen LogP contribution in [0.15, 0.2) is 40.9 Å². The third-order valence-corrected chi connectivity index (χ3v) is 11.3. The Morgan fingerprint density at radius 3 is 2.48 bits per heavy atom. The number of aromatic nitrogens is 2. The summed E-state index contributed by atoms with van der Waals surface area (Å²) in [6.07, 6.45) is 7.47. The molecular formula is C36H45BrN6O3. The molecule has 0 radical (unpaired) electrons. The molecule has 2 aromatic carbocycles. The van der Waals surface area contributed by atoms with E-state index in [0.717, 1.165) is 54.9 Å². The molecular weight excluding hydrogens is 644 g/mol. The minimum atomic E-state index is -0.509. The van der Waals surface area contributed by atoms with Gasteiger partial charge >= 0.3 is 12.1 Å². The lowest BCUT2D eigenvalue weighted by Crippen LogP contribution is -2.57. The Hall–Kier alpha value is -3.11. The highest BCUT2D eigenvalue weighted by Crippen LogP contribution is 2.41. The van der Waals surface area contributed by atoms with Gasteiger partial charge in [-0.1, -0.05) is 40.2 Å². The molecule has 5 aliphatic heterocycles. The summed E-state index contributed by atoms with van der Waals surface area (Å²) in [4.78, 5) is 33.0. The Kier molecular flexibility index (Phi) is 7.59. The Labute approximate surface area is 280 Å². The number of carbonyl (C=O) groups is 1. The van der Waals surface area contributed by atoms with Crippen LogP contribution in [0.5, 0.6) is 6.01 Å². The van der Waals surface area contributed by atoms with Gasteiger partial charge < -0.3 is 19.3 Å². The maximum absolute atomic E-state index is 13.2. The first-order chi connectivity index (χ1) is 22.2. The van der Waals surface area contributed by atoms with Crippen LogP contribution in [0.2, 0.25) is 0 Å². The molecule has 3 aromatic rings. The Morgan fingerprint density at radius 1 is 1.00 bits per heavy atom. The van der Waals surface area contributed by atoms with Crippen LogP contribution in [0.3, 0.4) is 0 Å². The fourth-order valence-corrected chi connectivity index (χ4v) is 9.25. The fraction of sp³-hybridized carbons (Fsp3) is 0.583. The van der Waals surface area contributed by atoms with Gasteiger partial charge in [-0.15, -0.1) is 0 Å². The summed E-state index contributed by atoms with van der Waals surface area (Å²) in [5, 5.41) is 2.47. The summed E-state index contributed by atoms with van der Waals surface area (Å²) in [6.45, 7) is 11.9. The predicted molar refractivity (Wildman–Crippen MR) is 184 cm³/mol. The highest BCUT2D eigenvalue weighted by Gasteiger charge is 2.47. The van der Waals surface area contributed by atoms with Gasteiger partial charge in [0.05, 0.1) is 29.9 Å². The van der Waals surface area contributed by atoms with Crippen molar-refractivity contribution in [2.45, 2.75) is 95.5 Å². The van der Waals surface area contributed by atoms with E-state index in [0.29, 0.717) is 19.2 Å². The summed E-state index contributed by atoms with van der Waals surface area (Å²) < 4.78 is 13.5. The molecule has 2 atom stereocenters. The second-order valence-electron chi connectivity index (χ2n) is 15.0. The molecule has 2 bridgehead atoms. The number of hydrogen-bond donors (Lipinski definition) is 0. The molecule has 4 saturated heterocycles. The Balaban J connectivity index is 1.11. The molecule has 0 aliphatic carbocycles. The van der Waals surface area contributed by atoms with E-state index in [-0.39, 0.29) is 23.7 Å². The van der Waals surface area contributed by atoms with Crippen molar-refractivity contribution in [3.05, 3.63) is 52.1 Å². The van der Waals surface area contributed by atoms with Crippen molar-refractivity contribution in [2.24, 2.45) is 0 Å². The number of ether oxygens (including phenoxy) is 2. The van der Waals surface area contributed by atoms with Crippen LogP contribution in [0.4, 0.5) is 16.3 Å². The minimum Gasteiger partial charge on any atom is -0.461 e. The zero-order valence-corrected chi connectivity index (χ0v) is 28.9. The van der Waals surface area contributed by atoms with E-state index < -0.39 is 5.60 Å². The highest BCUT2D eigenvalue weighted by atomic mass is 79.9. The lowest BCUT2D eigenvalue weighted by atomic mass is 9.95. The van der Waals surface area contributed by atoms with Gasteiger partial charge in [0.1, 0.15) is 18.0 Å². The summed E-state index contributed by atoms with van der Waals surface area (Å²) in [5.41, 5.74) is 3.09. The zero-order chi connectivity index (χ0) is 31.6. The van der Waals surface area contributed by atoms with Gasteiger partial charge in [-0.2, -0.15) is 9.97 Å². The number of rotatable bonds is 5. The van der Waals surface area contributed by atoms with E-state index in [2.05, 4.69) is 67.0 Å². The quantitative estimate of drug-likeness (QED) is 0.299. The first-order valence-corrected chi connectivity index (χ1v) is 17.9. The molecule has 1 aromatic heterocycles. The lowest BCUT2D eigenvalue weighted by Gasteiger charge is -2.43. The molecule has 10 heteroatoms. The van der Waals surface area contributed by atoms with Crippen LogP contribution in [-0.4, -0.2) is 88.4 Å². The normalized spacial score (nSPS) is 24.0. The number of piperazine rings is 1. The molecule has 0 spiro atoms. The smallest absolute Gasteiger partial charge is 0.410 e. The number of benzene rings is 2. The highest BCUT2D eigenvalue weighted by molar-refractivity contribution is 9.10. The number of hydrogen-bond acceptors (Lipinski definition) is 8. The van der Waals surface area contributed by atoms with E-state index in [1.165, 1.54) is 60.8 Å². The molecule has 0 saturated carbocycles. The molecule has 1 amide bonds. The van der Waals surface area contributed by atoms with Gasteiger partial charge in [0.15, 0.2) is 0 Å². The minimum absolute atomic E-state index is 0.112. The van der Waals surface area contributed by atoms with Crippen LogP contribution < -0.4 is 14.5 Å². The van der Waals surface area contributed by atoms with Gasteiger partial charge in [-0.3, -0.25) is 9.80 Å². The van der Waals surface area contributed by atoms with Gasteiger partial charge in [-0.25, -0.2) is 4.79 Å². The summed E-state index contributed by atoms with van der Waals surface area (Å²) in [6, 6.07) is 13.7. The standard InChI is InChI=1S/C36H45BrN6O3/c1-35(2,3)46-34(44)43-26-10-11-27(43)21-41(20-26)32-29-12-17-40(31-19-25(37)18-24-8-4-5-9-28(24)31)22-30(29)38-33(39-32)45-23-36-13-6-15-42(36)16-7-14-36/h4-5,8-9,18-19,26-27H,6-7,10-17,20-23H2,1-3H3/t26-,27-/m0/s1. The number of halogens is 1. The van der Waals surface area contributed by atoms with Crippen LogP contribution in [0.25, 0.3) is 10.8 Å². The van der Waals surface area contributed by atoms with Crippen LogP contribution in [-0.2, 0) is 17.7 Å². The van der Waals surface area contributed by atoms with Crippen molar-refractivity contribution in [3.63, 3.8) is 0 Å². The van der Waals surface area contributed by atoms with Crippen molar-refractivity contribution in [2.75, 3.05) is 49.1 Å². The van der Waals surface area contributed by atoms with E-state index in [1.54, 1.807) is 0 Å². The zero-order valence-electron chi connectivity index (χ0n) is 27.3. The topological polar surface area (TPSA) is 74.3 Å². The third-order valence-electron chi connectivity index (χ3n) is 10.8. The summed E-state index contributed by atoms with van der Waals surface area (Å²) >= 11 is 3.76. The average Bonchev–Trinajstić information content (AvgIpc) is 3.68. The number of anilines is 2. The summed E-state index contributed by atoms with van der Waals surface area (Å²) in [7, 11) is 0. The lowest BCUT2D eigenvalue weighted by molar-refractivity contribution is 0.0122. The molecule has 0 unspecified atom stereocenters. The van der Waals surface area contributed by atoms with E-state index in [9.17, 15) is 4.79 Å². The SMILES string of the molecule is CC(C)(C)OC(=O)N1[C@H]2CC[C@H]1CN(c1nc(OCC34CCCN3CCC4)nc3c1CCN(c1cc(Br)cc4ccccc14)C3)C2. The monoisotopic (exact) mass is 688 g/mol. The van der Waals surface area contributed by atoms with Gasteiger partial charge in [0.2, 0.25) is 0 Å². The van der Waals surface area contributed by atoms with Crippen LogP contribution in [0.1, 0.15) is 70.6 Å². The van der Waals surface area contributed by atoms with E-state index in [4.69, 9.17) is 19.4 Å². The molecule has 4 fully saturated rings. The molecule has 244 valence electrons. The predicted octanol–water partition coefficient (Wildman–Crippen LogP) is 6.55. The Morgan fingerprint density at radius 2 is 1.74 bits per heavy atom. The first-order valence-electron chi connectivity index (χ1n) is 17.1. The number of nitrogens with zero attached hydrogens (tertiary/aromatic N) is 6. The molecule has 46 heavy (non-hydrogen) atoms. The molecule has 8 rings (SSSR count). The Bertz CT molecular complexity index is 1630. The summed E-state index contributed by atoms with van der Waals surface area (Å²) in [5.74, 6) is 0.992. The first kappa shape index (κ1) is 30.2. The molecule has 0 N–H and O–H groups in total. The van der Waals surface area contributed by atoms with Crippen LogP contribution >= 0.6 is 15.9 Å². The van der Waals surface area contributed by atoms with Gasteiger partial charge in [0.25, 0.3) is 0 Å². The maximum atomic E-state index is 13.2. The van der Waals surface area contributed by atoms with E-state index in [1.807, 2.05) is 25.7 Å². The number of carbonyl (C=O) groups excluding carboxylic acids is 1. The van der Waals surface area contributed by atoms with Gasteiger partial charge in [-0.05, 0) is 96.3 Å². The van der Waals surface area contributed by atoms with Crippen molar-refractivity contribution in [3.8, 4) is 6.01 Å². The average molecular weight is 690 g/mol. The third kappa shape index (κ3) is 5.49. The van der Waals surface area contributed by atoms with Crippen molar-refractivity contribution in [1.82, 2.24) is 19.8 Å². The maximum Gasteiger partial charge on any atom is 0.410 e. The molecule has 9 nitrogen and oxygen atoms in total. The number of amides is 1. The van der Waals surface area contributed by atoms with E-state index >= 15 is 0 Å². The molecule has 5 aliphatic rings. The largest absolute Gasteiger partial charge is 0.461 e. The van der Waals surface area contributed by atoms with Crippen molar-refractivity contribution in [1.29, 1.82) is 0 Å². The van der Waals surface area contributed by atoms with Gasteiger partial charge in [0, 0.05) is 40.7 Å². The fourth-order valence-electron chi connectivity index (χ4n) is 8.79. The van der Waals surface area contributed by atoms with Crippen LogP contribution in [0, 0.1) is 0 Å². The van der Waals surface area contributed by atoms with Crippen molar-refractivity contribution < 1.29 is 14.3 Å². The number of fused-ring (bicyclic) bond motifs is 5. The molecule has 6 heterocycles. The van der Waals surface area contributed by atoms with Crippen molar-refractivity contribution >= 4 is 44.3 Å².